The maximum Gasteiger partial charge on any atom is 0.212 e. The standard InChI is InChI=1S/C14H16N4O/c1-2-7-18-13(9-16-17-18)14(19)11-4-3-10-5-6-15-12(10)8-11/h3-4,8-9,15H,2,5-7H2,1H3. The Balaban J connectivity index is 1.93. The molecule has 5 nitrogen and oxygen atoms in total. The number of hydrogen-bond donors (Lipinski definition) is 1. The van der Waals surface area contributed by atoms with Gasteiger partial charge in [0.2, 0.25) is 5.78 Å². The van der Waals surface area contributed by atoms with Crippen LogP contribution in [-0.4, -0.2) is 27.3 Å². The van der Waals surface area contributed by atoms with Gasteiger partial charge in [0.1, 0.15) is 5.69 Å². The zero-order chi connectivity index (χ0) is 13.2. The zero-order valence-corrected chi connectivity index (χ0v) is 10.9. The van der Waals surface area contributed by atoms with Crippen molar-refractivity contribution in [2.24, 2.45) is 0 Å². The Kier molecular flexibility index (Phi) is 3.03. The van der Waals surface area contributed by atoms with Gasteiger partial charge in [0.15, 0.2) is 0 Å². The highest BCUT2D eigenvalue weighted by atomic mass is 16.1. The molecule has 0 atom stereocenters. The van der Waals surface area contributed by atoms with E-state index in [1.165, 1.54) is 5.56 Å². The van der Waals surface area contributed by atoms with Gasteiger partial charge in [-0.2, -0.15) is 0 Å². The normalized spacial score (nSPS) is 13.1. The number of aromatic nitrogens is 3. The SMILES string of the molecule is CCCn1nncc1C(=O)c1ccc2c(c1)NCC2. The molecule has 0 aliphatic carbocycles. The molecule has 0 unspecified atom stereocenters. The van der Waals surface area contributed by atoms with Crippen molar-refractivity contribution in [3.8, 4) is 0 Å². The molecule has 0 radical (unpaired) electrons. The molecule has 98 valence electrons. The van der Waals surface area contributed by atoms with E-state index in [2.05, 4.69) is 22.6 Å². The van der Waals surface area contributed by atoms with E-state index in [0.717, 1.165) is 25.1 Å². The van der Waals surface area contributed by atoms with Crippen molar-refractivity contribution in [2.75, 3.05) is 11.9 Å². The van der Waals surface area contributed by atoms with Crippen LogP contribution in [0.25, 0.3) is 0 Å². The van der Waals surface area contributed by atoms with E-state index in [0.29, 0.717) is 17.8 Å². The summed E-state index contributed by atoms with van der Waals surface area (Å²) in [5, 5.41) is 11.1. The lowest BCUT2D eigenvalue weighted by Crippen LogP contribution is -2.11. The van der Waals surface area contributed by atoms with Crippen LogP contribution in [0.5, 0.6) is 0 Å². The van der Waals surface area contributed by atoms with Crippen LogP contribution in [0.15, 0.2) is 24.4 Å². The number of aryl methyl sites for hydroxylation is 1. The average Bonchev–Trinajstić information content (AvgIpc) is 3.05. The molecular weight excluding hydrogens is 240 g/mol. The van der Waals surface area contributed by atoms with Gasteiger partial charge in [0.25, 0.3) is 0 Å². The topological polar surface area (TPSA) is 59.8 Å². The number of ketones is 1. The van der Waals surface area contributed by atoms with Gasteiger partial charge < -0.3 is 5.32 Å². The summed E-state index contributed by atoms with van der Waals surface area (Å²) in [5.41, 5.74) is 3.59. The van der Waals surface area contributed by atoms with Crippen LogP contribution < -0.4 is 5.32 Å². The minimum Gasteiger partial charge on any atom is -0.384 e. The van der Waals surface area contributed by atoms with Crippen LogP contribution in [0.2, 0.25) is 0 Å². The summed E-state index contributed by atoms with van der Waals surface area (Å²) in [6.07, 6.45) is 3.49. The van der Waals surface area contributed by atoms with Crippen molar-refractivity contribution >= 4 is 11.5 Å². The summed E-state index contributed by atoms with van der Waals surface area (Å²) in [6, 6.07) is 5.84. The number of carbonyl (C=O) groups is 1. The molecule has 5 heteroatoms. The first kappa shape index (κ1) is 11.9. The largest absolute Gasteiger partial charge is 0.384 e. The Hall–Kier alpha value is -2.17. The molecule has 0 saturated heterocycles. The van der Waals surface area contributed by atoms with Crippen LogP contribution in [0.1, 0.15) is 35.0 Å². The number of rotatable bonds is 4. The Labute approximate surface area is 111 Å². The molecule has 0 fully saturated rings. The van der Waals surface area contributed by atoms with E-state index in [1.54, 1.807) is 10.9 Å². The van der Waals surface area contributed by atoms with E-state index < -0.39 is 0 Å². The van der Waals surface area contributed by atoms with Crippen LogP contribution in [-0.2, 0) is 13.0 Å². The molecule has 3 rings (SSSR count). The number of fused-ring (bicyclic) bond motifs is 1. The summed E-state index contributed by atoms with van der Waals surface area (Å²) < 4.78 is 1.67. The predicted molar refractivity (Wildman–Crippen MR) is 72.4 cm³/mol. The second kappa shape index (κ2) is 4.84. The molecule has 1 aliphatic heterocycles. The zero-order valence-electron chi connectivity index (χ0n) is 10.9. The summed E-state index contributed by atoms with van der Waals surface area (Å²) >= 11 is 0. The molecule has 2 aromatic rings. The molecule has 0 amide bonds. The number of hydrogen-bond acceptors (Lipinski definition) is 4. The molecule has 0 saturated carbocycles. The Morgan fingerprint density at radius 1 is 1.47 bits per heavy atom. The van der Waals surface area contributed by atoms with Gasteiger partial charge in [-0.3, -0.25) is 4.79 Å². The number of benzene rings is 1. The van der Waals surface area contributed by atoms with E-state index >= 15 is 0 Å². The van der Waals surface area contributed by atoms with Crippen LogP contribution >= 0.6 is 0 Å². The van der Waals surface area contributed by atoms with Crippen LogP contribution in [0, 0.1) is 0 Å². The third-order valence-corrected chi connectivity index (χ3v) is 3.37. The molecule has 0 spiro atoms. The average molecular weight is 256 g/mol. The lowest BCUT2D eigenvalue weighted by molar-refractivity contribution is 0.102. The van der Waals surface area contributed by atoms with E-state index in [-0.39, 0.29) is 5.78 Å². The third-order valence-electron chi connectivity index (χ3n) is 3.37. The Bertz CT molecular complexity index is 618. The van der Waals surface area contributed by atoms with E-state index in [4.69, 9.17) is 0 Å². The maximum atomic E-state index is 12.5. The fourth-order valence-electron chi connectivity index (χ4n) is 2.39. The number of nitrogens with one attached hydrogen (secondary N) is 1. The van der Waals surface area contributed by atoms with Crippen molar-refractivity contribution in [3.63, 3.8) is 0 Å². The summed E-state index contributed by atoms with van der Waals surface area (Å²) in [5.74, 6) is -0.0186. The van der Waals surface area contributed by atoms with Gasteiger partial charge in [0.05, 0.1) is 6.20 Å². The van der Waals surface area contributed by atoms with Gasteiger partial charge in [-0.1, -0.05) is 24.3 Å². The summed E-state index contributed by atoms with van der Waals surface area (Å²) in [7, 11) is 0. The smallest absolute Gasteiger partial charge is 0.212 e. The Morgan fingerprint density at radius 3 is 3.21 bits per heavy atom. The first-order valence-electron chi connectivity index (χ1n) is 6.59. The highest BCUT2D eigenvalue weighted by Crippen LogP contribution is 2.24. The Morgan fingerprint density at radius 2 is 2.37 bits per heavy atom. The molecule has 1 aliphatic rings. The second-order valence-electron chi connectivity index (χ2n) is 4.72. The number of anilines is 1. The van der Waals surface area contributed by atoms with Crippen LogP contribution in [0.3, 0.4) is 0 Å². The third kappa shape index (κ3) is 2.12. The number of carbonyl (C=O) groups excluding carboxylic acids is 1. The quantitative estimate of drug-likeness (QED) is 0.849. The molecule has 1 aromatic heterocycles. The molecule has 2 heterocycles. The fourth-order valence-corrected chi connectivity index (χ4v) is 2.39. The van der Waals surface area contributed by atoms with Crippen molar-refractivity contribution in [3.05, 3.63) is 41.2 Å². The van der Waals surface area contributed by atoms with E-state index in [1.807, 2.05) is 18.2 Å². The maximum absolute atomic E-state index is 12.5. The monoisotopic (exact) mass is 256 g/mol. The predicted octanol–water partition coefficient (Wildman–Crippen LogP) is 1.89. The minimum absolute atomic E-state index is 0.0186. The van der Waals surface area contributed by atoms with Crippen molar-refractivity contribution in [1.82, 2.24) is 15.0 Å². The molecule has 0 bridgehead atoms. The first-order chi connectivity index (χ1) is 9.29. The number of nitrogens with zero attached hydrogens (tertiary/aromatic N) is 3. The molecular formula is C14H16N4O. The summed E-state index contributed by atoms with van der Waals surface area (Å²) in [6.45, 7) is 3.71. The van der Waals surface area contributed by atoms with Crippen molar-refractivity contribution < 1.29 is 4.79 Å². The fraction of sp³-hybridized carbons (Fsp3) is 0.357. The van der Waals surface area contributed by atoms with Crippen molar-refractivity contribution in [1.29, 1.82) is 0 Å². The van der Waals surface area contributed by atoms with E-state index in [9.17, 15) is 4.79 Å². The van der Waals surface area contributed by atoms with Crippen LogP contribution in [0.4, 0.5) is 5.69 Å². The molecule has 1 aromatic carbocycles. The second-order valence-corrected chi connectivity index (χ2v) is 4.72. The summed E-state index contributed by atoms with van der Waals surface area (Å²) in [4.78, 5) is 12.5. The first-order valence-corrected chi connectivity index (χ1v) is 6.59. The van der Waals surface area contributed by atoms with Gasteiger partial charge in [-0.15, -0.1) is 5.10 Å². The van der Waals surface area contributed by atoms with Gasteiger partial charge in [0, 0.05) is 24.3 Å². The lowest BCUT2D eigenvalue weighted by Gasteiger charge is -2.06. The molecule has 1 N–H and O–H groups in total. The van der Waals surface area contributed by atoms with Crippen molar-refractivity contribution in [2.45, 2.75) is 26.3 Å². The van der Waals surface area contributed by atoms with Gasteiger partial charge in [-0.05, 0) is 24.5 Å². The lowest BCUT2D eigenvalue weighted by atomic mass is 10.0. The van der Waals surface area contributed by atoms with Gasteiger partial charge in [-0.25, -0.2) is 4.68 Å². The molecule has 19 heavy (non-hydrogen) atoms. The van der Waals surface area contributed by atoms with Gasteiger partial charge >= 0.3 is 0 Å². The minimum atomic E-state index is -0.0186. The highest BCUT2D eigenvalue weighted by molar-refractivity contribution is 6.08. The highest BCUT2D eigenvalue weighted by Gasteiger charge is 2.18.